The molecule has 1 aliphatic rings. The molecule has 0 spiro atoms. The average Bonchev–Trinajstić information content (AvgIpc) is 2.40. The van der Waals surface area contributed by atoms with Crippen molar-refractivity contribution in [3.05, 3.63) is 29.8 Å². The third-order valence-electron chi connectivity index (χ3n) is 3.22. The highest BCUT2D eigenvalue weighted by Crippen LogP contribution is 2.20. The number of methoxy groups -OCH3 is 1. The van der Waals surface area contributed by atoms with Crippen LogP contribution in [0.4, 0.5) is 4.79 Å². The van der Waals surface area contributed by atoms with Gasteiger partial charge in [0.25, 0.3) is 0 Å². The Labute approximate surface area is 112 Å². The van der Waals surface area contributed by atoms with Crippen LogP contribution in [0, 0.1) is 0 Å². The van der Waals surface area contributed by atoms with E-state index >= 15 is 0 Å². The van der Waals surface area contributed by atoms with E-state index in [9.17, 15) is 4.79 Å². The first-order valence-electron chi connectivity index (χ1n) is 6.41. The Kier molecular flexibility index (Phi) is 4.63. The molecule has 0 bridgehead atoms. The lowest BCUT2D eigenvalue weighted by atomic mass is 10.1. The summed E-state index contributed by atoms with van der Waals surface area (Å²) >= 11 is 0. The fraction of sp³-hybridized carbons (Fsp3) is 0.500. The molecule has 19 heavy (non-hydrogen) atoms. The van der Waals surface area contributed by atoms with Crippen molar-refractivity contribution in [1.82, 2.24) is 4.90 Å². The predicted molar refractivity (Wildman–Crippen MR) is 70.4 cm³/mol. The summed E-state index contributed by atoms with van der Waals surface area (Å²) in [7, 11) is 1.66. The molecule has 1 N–H and O–H groups in total. The summed E-state index contributed by atoms with van der Waals surface area (Å²) < 4.78 is 11.0. The van der Waals surface area contributed by atoms with Gasteiger partial charge in [0, 0.05) is 33.0 Å². The van der Waals surface area contributed by atoms with Crippen LogP contribution in [0.1, 0.15) is 18.4 Å². The van der Waals surface area contributed by atoms with E-state index in [2.05, 4.69) is 0 Å². The van der Waals surface area contributed by atoms with Gasteiger partial charge in [0.1, 0.15) is 11.9 Å². The van der Waals surface area contributed by atoms with Crippen molar-refractivity contribution in [2.75, 3.05) is 20.2 Å². The van der Waals surface area contributed by atoms with Crippen molar-refractivity contribution >= 4 is 6.09 Å². The number of carboxylic acid groups (broad SMARTS) is 1. The van der Waals surface area contributed by atoms with E-state index < -0.39 is 6.09 Å². The van der Waals surface area contributed by atoms with Crippen LogP contribution >= 0.6 is 0 Å². The van der Waals surface area contributed by atoms with Crippen LogP contribution in [0.5, 0.6) is 5.75 Å². The van der Waals surface area contributed by atoms with E-state index in [1.54, 1.807) is 7.11 Å². The van der Waals surface area contributed by atoms with Gasteiger partial charge in [-0.25, -0.2) is 4.79 Å². The van der Waals surface area contributed by atoms with Crippen LogP contribution in [-0.2, 0) is 11.3 Å². The Morgan fingerprint density at radius 3 is 2.79 bits per heavy atom. The van der Waals surface area contributed by atoms with Crippen LogP contribution in [0.25, 0.3) is 0 Å². The second-order valence-corrected chi connectivity index (χ2v) is 4.67. The molecule has 1 aromatic rings. The van der Waals surface area contributed by atoms with Crippen LogP contribution in [0.3, 0.4) is 0 Å². The van der Waals surface area contributed by atoms with Crippen molar-refractivity contribution in [2.45, 2.75) is 25.6 Å². The quantitative estimate of drug-likeness (QED) is 0.908. The summed E-state index contributed by atoms with van der Waals surface area (Å²) in [6.07, 6.45) is 0.718. The third kappa shape index (κ3) is 3.86. The largest absolute Gasteiger partial charge is 0.490 e. The standard InChI is InChI=1S/C14H19NO4/c1-18-10-11-3-2-4-13(9-11)19-12-5-7-15(8-6-12)14(16)17/h2-4,9,12H,5-8,10H2,1H3,(H,16,17). The monoisotopic (exact) mass is 265 g/mol. The number of amides is 1. The van der Waals surface area contributed by atoms with Gasteiger partial charge in [-0.2, -0.15) is 0 Å². The third-order valence-corrected chi connectivity index (χ3v) is 3.22. The maximum absolute atomic E-state index is 10.8. The maximum atomic E-state index is 10.8. The highest BCUT2D eigenvalue weighted by Gasteiger charge is 2.23. The first-order valence-corrected chi connectivity index (χ1v) is 6.41. The van der Waals surface area contributed by atoms with Crippen molar-refractivity contribution in [2.24, 2.45) is 0 Å². The number of rotatable bonds is 4. The minimum atomic E-state index is -0.847. The first-order chi connectivity index (χ1) is 9.19. The second kappa shape index (κ2) is 6.43. The van der Waals surface area contributed by atoms with Crippen LogP contribution in [0.15, 0.2) is 24.3 Å². The van der Waals surface area contributed by atoms with E-state index in [1.165, 1.54) is 4.90 Å². The molecule has 2 rings (SSSR count). The van der Waals surface area contributed by atoms with Gasteiger partial charge in [0.05, 0.1) is 6.61 Å². The topological polar surface area (TPSA) is 59.0 Å². The Morgan fingerprint density at radius 2 is 2.16 bits per heavy atom. The van der Waals surface area contributed by atoms with Crippen molar-refractivity contribution in [3.63, 3.8) is 0 Å². The van der Waals surface area contributed by atoms with Gasteiger partial charge in [0.15, 0.2) is 0 Å². The second-order valence-electron chi connectivity index (χ2n) is 4.67. The van der Waals surface area contributed by atoms with Crippen LogP contribution in [-0.4, -0.2) is 42.4 Å². The first kappa shape index (κ1) is 13.7. The highest BCUT2D eigenvalue weighted by molar-refractivity contribution is 5.65. The summed E-state index contributed by atoms with van der Waals surface area (Å²) in [5, 5.41) is 8.88. The van der Waals surface area contributed by atoms with Crippen molar-refractivity contribution in [3.8, 4) is 5.75 Å². The molecule has 0 unspecified atom stereocenters. The Bertz CT molecular complexity index is 427. The van der Waals surface area contributed by atoms with Gasteiger partial charge in [-0.3, -0.25) is 0 Å². The van der Waals surface area contributed by atoms with Gasteiger partial charge in [0.2, 0.25) is 0 Å². The summed E-state index contributed by atoms with van der Waals surface area (Å²) in [5.41, 5.74) is 1.07. The van der Waals surface area contributed by atoms with Crippen molar-refractivity contribution < 1.29 is 19.4 Å². The SMILES string of the molecule is COCc1cccc(OC2CCN(C(=O)O)CC2)c1. The smallest absolute Gasteiger partial charge is 0.407 e. The number of hydrogen-bond donors (Lipinski definition) is 1. The summed E-state index contributed by atoms with van der Waals surface area (Å²) in [6, 6.07) is 7.81. The van der Waals surface area contributed by atoms with E-state index in [1.807, 2.05) is 24.3 Å². The Balaban J connectivity index is 1.88. The number of ether oxygens (including phenoxy) is 2. The lowest BCUT2D eigenvalue weighted by Crippen LogP contribution is -2.41. The Morgan fingerprint density at radius 1 is 1.42 bits per heavy atom. The van der Waals surface area contributed by atoms with Gasteiger partial charge in [-0.1, -0.05) is 12.1 Å². The van der Waals surface area contributed by atoms with E-state index in [0.29, 0.717) is 19.7 Å². The highest BCUT2D eigenvalue weighted by atomic mass is 16.5. The Hall–Kier alpha value is -1.75. The molecule has 1 amide bonds. The minimum absolute atomic E-state index is 0.0911. The average molecular weight is 265 g/mol. The van der Waals surface area contributed by atoms with Crippen LogP contribution in [0.2, 0.25) is 0 Å². The number of likely N-dealkylation sites (tertiary alicyclic amines) is 1. The zero-order valence-electron chi connectivity index (χ0n) is 11.0. The molecular formula is C14H19NO4. The summed E-state index contributed by atoms with van der Waals surface area (Å²) in [6.45, 7) is 1.64. The molecule has 0 radical (unpaired) electrons. The lowest BCUT2D eigenvalue weighted by molar-refractivity contribution is 0.0893. The fourth-order valence-electron chi connectivity index (χ4n) is 2.23. The summed E-state index contributed by atoms with van der Waals surface area (Å²) in [5.74, 6) is 0.823. The van der Waals surface area contributed by atoms with Crippen LogP contribution < -0.4 is 4.74 Å². The molecule has 1 heterocycles. The molecule has 1 fully saturated rings. The normalized spacial score (nSPS) is 16.4. The van der Waals surface area contributed by atoms with E-state index in [-0.39, 0.29) is 6.10 Å². The van der Waals surface area contributed by atoms with E-state index in [4.69, 9.17) is 14.6 Å². The number of nitrogens with zero attached hydrogens (tertiary/aromatic N) is 1. The zero-order chi connectivity index (χ0) is 13.7. The zero-order valence-corrected chi connectivity index (χ0v) is 11.0. The molecule has 0 aliphatic carbocycles. The van der Waals surface area contributed by atoms with Gasteiger partial charge < -0.3 is 19.5 Å². The molecular weight excluding hydrogens is 246 g/mol. The van der Waals surface area contributed by atoms with Gasteiger partial charge >= 0.3 is 6.09 Å². The molecule has 5 nitrogen and oxygen atoms in total. The molecule has 5 heteroatoms. The molecule has 1 aliphatic heterocycles. The number of benzene rings is 1. The molecule has 0 aromatic heterocycles. The molecule has 0 atom stereocenters. The van der Waals surface area contributed by atoms with Crippen molar-refractivity contribution in [1.29, 1.82) is 0 Å². The molecule has 1 saturated heterocycles. The number of piperidine rings is 1. The fourth-order valence-corrected chi connectivity index (χ4v) is 2.23. The molecule has 1 aromatic carbocycles. The van der Waals surface area contributed by atoms with Gasteiger partial charge in [-0.15, -0.1) is 0 Å². The van der Waals surface area contributed by atoms with Gasteiger partial charge in [-0.05, 0) is 17.7 Å². The molecule has 104 valence electrons. The lowest BCUT2D eigenvalue weighted by Gasteiger charge is -2.30. The predicted octanol–water partition coefficient (Wildman–Crippen LogP) is 2.35. The maximum Gasteiger partial charge on any atom is 0.407 e. The molecule has 0 saturated carbocycles. The number of hydrogen-bond acceptors (Lipinski definition) is 3. The minimum Gasteiger partial charge on any atom is -0.490 e. The van der Waals surface area contributed by atoms with E-state index in [0.717, 1.165) is 24.2 Å². The number of carbonyl (C=O) groups is 1. The summed E-state index contributed by atoms with van der Waals surface area (Å²) in [4.78, 5) is 12.2.